The minimum Gasteiger partial charge on any atom is -0.394 e. The molecular formula is C17H17N3O. The Kier molecular flexibility index (Phi) is 4.07. The van der Waals surface area contributed by atoms with Gasteiger partial charge in [0.25, 0.3) is 0 Å². The van der Waals surface area contributed by atoms with Crippen LogP contribution in [0.2, 0.25) is 0 Å². The van der Waals surface area contributed by atoms with Crippen LogP contribution in [0.25, 0.3) is 10.9 Å². The van der Waals surface area contributed by atoms with Crippen LogP contribution in [0.3, 0.4) is 0 Å². The zero-order valence-electron chi connectivity index (χ0n) is 11.6. The number of nitrogens with zero attached hydrogens (tertiary/aromatic N) is 2. The van der Waals surface area contributed by atoms with Crippen LogP contribution in [0.4, 0.5) is 5.82 Å². The van der Waals surface area contributed by atoms with E-state index >= 15 is 0 Å². The van der Waals surface area contributed by atoms with E-state index in [2.05, 4.69) is 27.4 Å². The van der Waals surface area contributed by atoms with E-state index in [1.807, 2.05) is 42.5 Å². The maximum Gasteiger partial charge on any atom is 0.137 e. The molecule has 0 aliphatic carbocycles. The van der Waals surface area contributed by atoms with Crippen molar-refractivity contribution in [1.82, 2.24) is 9.97 Å². The van der Waals surface area contributed by atoms with Gasteiger partial charge in [-0.15, -0.1) is 0 Å². The fraction of sp³-hybridized carbons (Fsp3) is 0.176. The Labute approximate surface area is 123 Å². The van der Waals surface area contributed by atoms with Gasteiger partial charge in [-0.3, -0.25) is 0 Å². The summed E-state index contributed by atoms with van der Waals surface area (Å²) < 4.78 is 0. The van der Waals surface area contributed by atoms with Gasteiger partial charge in [0, 0.05) is 5.39 Å². The van der Waals surface area contributed by atoms with Crippen LogP contribution < -0.4 is 5.32 Å². The molecule has 3 aromatic rings. The number of aromatic nitrogens is 2. The number of hydrogen-bond acceptors (Lipinski definition) is 4. The minimum atomic E-state index is -0.0780. The number of nitrogens with one attached hydrogen (secondary N) is 1. The Bertz CT molecular complexity index is 710. The molecule has 0 spiro atoms. The first-order valence-corrected chi connectivity index (χ1v) is 6.98. The predicted molar refractivity (Wildman–Crippen MR) is 84.2 cm³/mol. The highest BCUT2D eigenvalue weighted by Crippen LogP contribution is 2.19. The lowest BCUT2D eigenvalue weighted by molar-refractivity contribution is 0.273. The first-order valence-electron chi connectivity index (χ1n) is 6.98. The number of benzene rings is 2. The van der Waals surface area contributed by atoms with Crippen LogP contribution in [0.1, 0.15) is 5.56 Å². The Morgan fingerprint density at radius 1 is 0.952 bits per heavy atom. The monoisotopic (exact) mass is 279 g/mol. The minimum absolute atomic E-state index is 0.0488. The Balaban J connectivity index is 1.82. The first-order chi connectivity index (χ1) is 10.4. The third-order valence-corrected chi connectivity index (χ3v) is 3.43. The summed E-state index contributed by atoms with van der Waals surface area (Å²) >= 11 is 0. The predicted octanol–water partition coefficient (Wildman–Crippen LogP) is 2.65. The van der Waals surface area contributed by atoms with Gasteiger partial charge in [0.2, 0.25) is 0 Å². The van der Waals surface area contributed by atoms with Crippen molar-refractivity contribution in [2.45, 2.75) is 12.5 Å². The van der Waals surface area contributed by atoms with E-state index in [1.165, 1.54) is 5.56 Å². The summed E-state index contributed by atoms with van der Waals surface area (Å²) in [4.78, 5) is 8.55. The van der Waals surface area contributed by atoms with Crippen molar-refractivity contribution in [3.05, 3.63) is 66.5 Å². The highest BCUT2D eigenvalue weighted by Gasteiger charge is 2.11. The number of aliphatic hydroxyl groups is 1. The van der Waals surface area contributed by atoms with Crippen LogP contribution in [0.5, 0.6) is 0 Å². The highest BCUT2D eigenvalue weighted by atomic mass is 16.3. The molecule has 1 unspecified atom stereocenters. The fourth-order valence-electron chi connectivity index (χ4n) is 2.37. The standard InChI is InChI=1S/C17H17N3O/c21-11-14(10-13-6-2-1-3-7-13)20-17-15-8-4-5-9-16(15)18-12-19-17/h1-9,12,14,21H,10-11H2,(H,18,19,20). The van der Waals surface area contributed by atoms with E-state index in [4.69, 9.17) is 0 Å². The average Bonchev–Trinajstić information content (AvgIpc) is 2.55. The fourth-order valence-corrected chi connectivity index (χ4v) is 2.37. The molecule has 2 aromatic carbocycles. The molecule has 0 saturated heterocycles. The molecule has 1 heterocycles. The van der Waals surface area contributed by atoms with Crippen molar-refractivity contribution in [1.29, 1.82) is 0 Å². The summed E-state index contributed by atoms with van der Waals surface area (Å²) in [6.07, 6.45) is 2.29. The summed E-state index contributed by atoms with van der Waals surface area (Å²) in [5.74, 6) is 0.760. The molecule has 0 aliphatic heterocycles. The molecule has 0 amide bonds. The van der Waals surface area contributed by atoms with Crippen LogP contribution in [-0.4, -0.2) is 27.7 Å². The molecule has 0 aliphatic rings. The lowest BCUT2D eigenvalue weighted by Crippen LogP contribution is -2.27. The SMILES string of the molecule is OCC(Cc1ccccc1)Nc1ncnc2ccccc12. The van der Waals surface area contributed by atoms with Gasteiger partial charge in [0.1, 0.15) is 12.1 Å². The number of anilines is 1. The topological polar surface area (TPSA) is 58.0 Å². The molecule has 3 rings (SSSR count). The zero-order chi connectivity index (χ0) is 14.5. The number of para-hydroxylation sites is 1. The summed E-state index contributed by atoms with van der Waals surface area (Å²) in [6, 6.07) is 17.9. The molecule has 1 atom stereocenters. The third-order valence-electron chi connectivity index (χ3n) is 3.43. The van der Waals surface area contributed by atoms with Gasteiger partial charge in [0.05, 0.1) is 18.2 Å². The zero-order valence-corrected chi connectivity index (χ0v) is 11.6. The van der Waals surface area contributed by atoms with Gasteiger partial charge in [-0.2, -0.15) is 0 Å². The molecule has 0 saturated carbocycles. The second kappa shape index (κ2) is 6.33. The lowest BCUT2D eigenvalue weighted by atomic mass is 10.1. The maximum absolute atomic E-state index is 9.61. The summed E-state index contributed by atoms with van der Waals surface area (Å²) in [6.45, 7) is 0.0488. The Morgan fingerprint density at radius 3 is 2.52 bits per heavy atom. The highest BCUT2D eigenvalue weighted by molar-refractivity contribution is 5.88. The van der Waals surface area contributed by atoms with Crippen LogP contribution >= 0.6 is 0 Å². The van der Waals surface area contributed by atoms with Gasteiger partial charge in [-0.25, -0.2) is 9.97 Å². The second-order valence-corrected chi connectivity index (χ2v) is 4.95. The molecule has 21 heavy (non-hydrogen) atoms. The number of fused-ring (bicyclic) bond motifs is 1. The summed E-state index contributed by atoms with van der Waals surface area (Å²) in [7, 11) is 0. The van der Waals surface area contributed by atoms with Crippen molar-refractivity contribution in [3.63, 3.8) is 0 Å². The van der Waals surface area contributed by atoms with Crippen molar-refractivity contribution < 1.29 is 5.11 Å². The van der Waals surface area contributed by atoms with Crippen LogP contribution in [-0.2, 0) is 6.42 Å². The third kappa shape index (κ3) is 3.17. The van der Waals surface area contributed by atoms with E-state index in [0.29, 0.717) is 0 Å². The van der Waals surface area contributed by atoms with Crippen molar-refractivity contribution in [2.75, 3.05) is 11.9 Å². The van der Waals surface area contributed by atoms with Crippen molar-refractivity contribution in [2.24, 2.45) is 0 Å². The normalized spacial score (nSPS) is 12.2. The molecule has 2 N–H and O–H groups in total. The Morgan fingerprint density at radius 2 is 1.71 bits per heavy atom. The lowest BCUT2D eigenvalue weighted by Gasteiger charge is -2.18. The number of aliphatic hydroxyl groups excluding tert-OH is 1. The molecule has 4 nitrogen and oxygen atoms in total. The molecular weight excluding hydrogens is 262 g/mol. The van der Waals surface area contributed by atoms with Gasteiger partial charge < -0.3 is 10.4 Å². The van der Waals surface area contributed by atoms with E-state index in [1.54, 1.807) is 6.33 Å². The Hall–Kier alpha value is -2.46. The van der Waals surface area contributed by atoms with Gasteiger partial charge >= 0.3 is 0 Å². The second-order valence-electron chi connectivity index (χ2n) is 4.95. The molecule has 1 aromatic heterocycles. The molecule has 0 bridgehead atoms. The maximum atomic E-state index is 9.61. The van der Waals surface area contributed by atoms with E-state index < -0.39 is 0 Å². The van der Waals surface area contributed by atoms with E-state index in [-0.39, 0.29) is 12.6 Å². The molecule has 0 fully saturated rings. The number of hydrogen-bond donors (Lipinski definition) is 2. The van der Waals surface area contributed by atoms with E-state index in [9.17, 15) is 5.11 Å². The van der Waals surface area contributed by atoms with Gasteiger partial charge in [-0.05, 0) is 24.1 Å². The van der Waals surface area contributed by atoms with E-state index in [0.717, 1.165) is 23.1 Å². The van der Waals surface area contributed by atoms with Crippen molar-refractivity contribution in [3.8, 4) is 0 Å². The first kappa shape index (κ1) is 13.5. The molecule has 106 valence electrons. The average molecular weight is 279 g/mol. The smallest absolute Gasteiger partial charge is 0.137 e. The summed E-state index contributed by atoms with van der Waals surface area (Å²) in [5.41, 5.74) is 2.08. The van der Waals surface area contributed by atoms with Gasteiger partial charge in [-0.1, -0.05) is 42.5 Å². The largest absolute Gasteiger partial charge is 0.394 e. The number of rotatable bonds is 5. The van der Waals surface area contributed by atoms with Crippen molar-refractivity contribution >= 4 is 16.7 Å². The quantitative estimate of drug-likeness (QED) is 0.754. The van der Waals surface area contributed by atoms with Gasteiger partial charge in [0.15, 0.2) is 0 Å². The molecule has 4 heteroatoms. The van der Waals surface area contributed by atoms with Crippen LogP contribution in [0.15, 0.2) is 60.9 Å². The summed E-state index contributed by atoms with van der Waals surface area (Å²) in [5, 5.41) is 13.9. The molecule has 0 radical (unpaired) electrons. The van der Waals surface area contributed by atoms with Crippen LogP contribution in [0, 0.1) is 0 Å².